The van der Waals surface area contributed by atoms with E-state index < -0.39 is 16.1 Å². The van der Waals surface area contributed by atoms with E-state index in [1.807, 2.05) is 0 Å². The fourth-order valence-electron chi connectivity index (χ4n) is 2.89. The molecule has 0 aromatic heterocycles. The molecule has 116 valence electrons. The molecule has 0 unspecified atom stereocenters. The molecule has 5 nitrogen and oxygen atoms in total. The quantitative estimate of drug-likeness (QED) is 0.487. The summed E-state index contributed by atoms with van der Waals surface area (Å²) in [5, 5.41) is 0. The lowest BCUT2D eigenvalue weighted by Crippen LogP contribution is -2.13. The molecule has 1 aromatic carbocycles. The Morgan fingerprint density at radius 3 is 2.38 bits per heavy atom. The third-order valence-corrected chi connectivity index (χ3v) is 4.77. The standard InChI is InChI=1S/C15H20O5S/c1-10-8-15(21(17,18)19)13(9-14(10)20-11(2)16)12-6-4-3-5-7-12/h8-9,12H,3-7H2,1-2H3,(H,17,18,19)/p-1. The van der Waals surface area contributed by atoms with Crippen molar-refractivity contribution < 1.29 is 22.5 Å². The predicted molar refractivity (Wildman–Crippen MR) is 76.3 cm³/mol. The molecule has 0 N–H and O–H groups in total. The number of hydrogen-bond donors (Lipinski definition) is 0. The smallest absolute Gasteiger partial charge is 0.308 e. The number of aryl methyl sites for hydroxylation is 1. The van der Waals surface area contributed by atoms with Gasteiger partial charge in [0.2, 0.25) is 0 Å². The maximum atomic E-state index is 11.5. The normalized spacial score (nSPS) is 16.7. The summed E-state index contributed by atoms with van der Waals surface area (Å²) in [6.45, 7) is 2.91. The summed E-state index contributed by atoms with van der Waals surface area (Å²) in [4.78, 5) is 11.0. The summed E-state index contributed by atoms with van der Waals surface area (Å²) in [5.41, 5.74) is 0.964. The molecule has 21 heavy (non-hydrogen) atoms. The van der Waals surface area contributed by atoms with Crippen molar-refractivity contribution >= 4 is 16.1 Å². The maximum absolute atomic E-state index is 11.5. The van der Waals surface area contributed by atoms with Crippen LogP contribution in [0.4, 0.5) is 0 Å². The third-order valence-electron chi connectivity index (χ3n) is 3.88. The van der Waals surface area contributed by atoms with Gasteiger partial charge in [-0.1, -0.05) is 19.3 Å². The average molecular weight is 311 g/mol. The molecule has 0 atom stereocenters. The van der Waals surface area contributed by atoms with Crippen LogP contribution in [0.25, 0.3) is 0 Å². The molecule has 1 aliphatic carbocycles. The van der Waals surface area contributed by atoms with Crippen LogP contribution in [0, 0.1) is 6.92 Å². The van der Waals surface area contributed by atoms with E-state index >= 15 is 0 Å². The van der Waals surface area contributed by atoms with Crippen LogP contribution in [0.15, 0.2) is 17.0 Å². The molecule has 6 heteroatoms. The molecule has 0 radical (unpaired) electrons. The first-order valence-electron chi connectivity index (χ1n) is 7.08. The van der Waals surface area contributed by atoms with E-state index in [2.05, 4.69) is 0 Å². The highest BCUT2D eigenvalue weighted by atomic mass is 32.2. The van der Waals surface area contributed by atoms with E-state index in [4.69, 9.17) is 4.74 Å². The van der Waals surface area contributed by atoms with Gasteiger partial charge in [-0.25, -0.2) is 8.42 Å². The van der Waals surface area contributed by atoms with Gasteiger partial charge in [-0.2, -0.15) is 0 Å². The molecule has 1 fully saturated rings. The fourth-order valence-corrected chi connectivity index (χ4v) is 3.73. The zero-order chi connectivity index (χ0) is 15.6. The number of esters is 1. The first-order valence-corrected chi connectivity index (χ1v) is 8.48. The van der Waals surface area contributed by atoms with E-state index in [0.717, 1.165) is 32.1 Å². The van der Waals surface area contributed by atoms with E-state index in [9.17, 15) is 17.8 Å². The predicted octanol–water partition coefficient (Wildman–Crippen LogP) is 2.87. The van der Waals surface area contributed by atoms with Crippen molar-refractivity contribution in [3.8, 4) is 5.75 Å². The van der Waals surface area contributed by atoms with Crippen molar-refractivity contribution in [2.45, 2.75) is 56.8 Å². The van der Waals surface area contributed by atoms with Gasteiger partial charge < -0.3 is 9.29 Å². The van der Waals surface area contributed by atoms with E-state index in [0.29, 0.717) is 16.9 Å². The van der Waals surface area contributed by atoms with Crippen molar-refractivity contribution in [1.29, 1.82) is 0 Å². The maximum Gasteiger partial charge on any atom is 0.308 e. The minimum atomic E-state index is -4.54. The Bertz CT molecular complexity index is 642. The molecular weight excluding hydrogens is 292 g/mol. The van der Waals surface area contributed by atoms with Crippen LogP contribution in [-0.2, 0) is 14.9 Å². The van der Waals surface area contributed by atoms with E-state index in [1.54, 1.807) is 13.0 Å². The van der Waals surface area contributed by atoms with Gasteiger partial charge in [0.1, 0.15) is 15.9 Å². The lowest BCUT2D eigenvalue weighted by molar-refractivity contribution is -0.131. The lowest BCUT2D eigenvalue weighted by Gasteiger charge is -2.26. The summed E-state index contributed by atoms with van der Waals surface area (Å²) < 4.78 is 39.7. The molecule has 0 aliphatic heterocycles. The van der Waals surface area contributed by atoms with Gasteiger partial charge >= 0.3 is 5.97 Å². The molecule has 1 aliphatic rings. The second-order valence-electron chi connectivity index (χ2n) is 5.54. The summed E-state index contributed by atoms with van der Waals surface area (Å²) in [6.07, 6.45) is 4.86. The van der Waals surface area contributed by atoms with Crippen molar-refractivity contribution in [3.05, 3.63) is 23.3 Å². The summed E-state index contributed by atoms with van der Waals surface area (Å²) in [5.74, 6) is -0.103. The largest absolute Gasteiger partial charge is 0.744 e. The molecule has 2 rings (SSSR count). The first-order chi connectivity index (χ1) is 9.79. The number of rotatable bonds is 3. The molecule has 0 saturated heterocycles. The topological polar surface area (TPSA) is 83.5 Å². The van der Waals surface area contributed by atoms with Gasteiger partial charge in [-0.05, 0) is 48.9 Å². The first kappa shape index (κ1) is 16.0. The van der Waals surface area contributed by atoms with Gasteiger partial charge in [0.05, 0.1) is 4.90 Å². The molecule has 0 spiro atoms. The Labute approximate surface area is 125 Å². The minimum Gasteiger partial charge on any atom is -0.744 e. The Morgan fingerprint density at radius 2 is 1.86 bits per heavy atom. The van der Waals surface area contributed by atoms with Gasteiger partial charge in [0, 0.05) is 6.92 Å². The van der Waals surface area contributed by atoms with Crippen molar-refractivity contribution in [2.24, 2.45) is 0 Å². The minimum absolute atomic E-state index is 0.0346. The average Bonchev–Trinajstić information content (AvgIpc) is 2.40. The second-order valence-corrected chi connectivity index (χ2v) is 6.89. The van der Waals surface area contributed by atoms with Gasteiger partial charge in [-0.15, -0.1) is 0 Å². The van der Waals surface area contributed by atoms with Crippen molar-refractivity contribution in [1.82, 2.24) is 0 Å². The number of carbonyl (C=O) groups excluding carboxylic acids is 1. The van der Waals surface area contributed by atoms with Crippen LogP contribution in [0.2, 0.25) is 0 Å². The highest BCUT2D eigenvalue weighted by Crippen LogP contribution is 2.38. The van der Waals surface area contributed by atoms with Crippen LogP contribution in [0.1, 0.15) is 56.1 Å². The SMILES string of the molecule is CC(=O)Oc1cc(C2CCCCC2)c(S(=O)(=O)[O-])cc1C. The fraction of sp³-hybridized carbons (Fsp3) is 0.533. The Balaban J connectivity index is 2.54. The van der Waals surface area contributed by atoms with Crippen LogP contribution in [0.5, 0.6) is 5.75 Å². The molecule has 0 bridgehead atoms. The molecule has 0 heterocycles. The van der Waals surface area contributed by atoms with Crippen LogP contribution in [-0.4, -0.2) is 18.9 Å². The number of carbonyl (C=O) groups is 1. The number of ether oxygens (including phenoxy) is 1. The zero-order valence-corrected chi connectivity index (χ0v) is 13.0. The van der Waals surface area contributed by atoms with Gasteiger partial charge in [0.15, 0.2) is 0 Å². The Morgan fingerprint density at radius 1 is 1.24 bits per heavy atom. The van der Waals surface area contributed by atoms with E-state index in [1.165, 1.54) is 13.0 Å². The summed E-state index contributed by atoms with van der Waals surface area (Å²) in [6, 6.07) is 2.88. The molecular formula is C15H19O5S-. The number of hydrogen-bond acceptors (Lipinski definition) is 5. The van der Waals surface area contributed by atoms with Gasteiger partial charge in [0.25, 0.3) is 0 Å². The molecule has 1 aromatic rings. The summed E-state index contributed by atoms with van der Waals surface area (Å²) in [7, 11) is -4.54. The van der Waals surface area contributed by atoms with Crippen molar-refractivity contribution in [3.63, 3.8) is 0 Å². The zero-order valence-electron chi connectivity index (χ0n) is 12.2. The highest BCUT2D eigenvalue weighted by molar-refractivity contribution is 7.85. The van der Waals surface area contributed by atoms with Crippen LogP contribution < -0.4 is 4.74 Å². The third kappa shape index (κ3) is 3.83. The van der Waals surface area contributed by atoms with E-state index in [-0.39, 0.29) is 10.8 Å². The summed E-state index contributed by atoms with van der Waals surface area (Å²) >= 11 is 0. The van der Waals surface area contributed by atoms with Gasteiger partial charge in [-0.3, -0.25) is 4.79 Å². The molecule has 1 saturated carbocycles. The number of benzene rings is 1. The Hall–Kier alpha value is -1.40. The lowest BCUT2D eigenvalue weighted by atomic mass is 9.83. The monoisotopic (exact) mass is 311 g/mol. The highest BCUT2D eigenvalue weighted by Gasteiger charge is 2.23. The van der Waals surface area contributed by atoms with Crippen LogP contribution >= 0.6 is 0 Å². The Kier molecular flexibility index (Phi) is 4.68. The van der Waals surface area contributed by atoms with Crippen LogP contribution in [0.3, 0.4) is 0 Å². The second kappa shape index (κ2) is 6.15. The van der Waals surface area contributed by atoms with Crippen molar-refractivity contribution in [2.75, 3.05) is 0 Å². The molecule has 0 amide bonds.